The van der Waals surface area contributed by atoms with Gasteiger partial charge in [-0.25, -0.2) is 9.59 Å². The molecule has 0 radical (unpaired) electrons. The maximum atomic E-state index is 11.6. The van der Waals surface area contributed by atoms with E-state index in [4.69, 9.17) is 15.9 Å². The summed E-state index contributed by atoms with van der Waals surface area (Å²) >= 11 is 0. The molecule has 1 aromatic carbocycles. The summed E-state index contributed by atoms with van der Waals surface area (Å²) in [6, 6.07) is 5.44. The zero-order chi connectivity index (χ0) is 16.2. The minimum absolute atomic E-state index is 0.0878. The molecule has 0 bridgehead atoms. The van der Waals surface area contributed by atoms with E-state index in [9.17, 15) is 19.2 Å². The zero-order valence-corrected chi connectivity index (χ0v) is 11.3. The quantitative estimate of drug-likeness (QED) is 0.372. The second-order valence-corrected chi connectivity index (χ2v) is 4.56. The lowest BCUT2D eigenvalue weighted by molar-refractivity contribution is -0.156. The first-order chi connectivity index (χ1) is 9.72. The third kappa shape index (κ3) is 3.51. The van der Waals surface area contributed by atoms with E-state index in [0.29, 0.717) is 5.56 Å². The van der Waals surface area contributed by atoms with E-state index < -0.39 is 35.5 Å². The summed E-state index contributed by atoms with van der Waals surface area (Å²) in [4.78, 5) is 44.8. The fourth-order valence-corrected chi connectivity index (χ4v) is 1.66. The summed E-state index contributed by atoms with van der Waals surface area (Å²) in [5, 5.41) is 17.8. The lowest BCUT2D eigenvalue weighted by Crippen LogP contribution is -2.56. The van der Waals surface area contributed by atoms with Gasteiger partial charge in [0.25, 0.3) is 0 Å². The van der Waals surface area contributed by atoms with Gasteiger partial charge in [-0.1, -0.05) is 31.2 Å². The SMILES string of the molecule is CCC(=O)C(=O)c1ccc(CC(N)(C(=O)O)C(=O)O)cc1. The molecular formula is C14H15NO6. The first-order valence-corrected chi connectivity index (χ1v) is 6.14. The maximum absolute atomic E-state index is 11.6. The van der Waals surface area contributed by atoms with Crippen LogP contribution in [0.1, 0.15) is 29.3 Å². The molecule has 4 N–H and O–H groups in total. The molecule has 7 heteroatoms. The molecule has 0 amide bonds. The van der Waals surface area contributed by atoms with Gasteiger partial charge in [0.15, 0.2) is 0 Å². The van der Waals surface area contributed by atoms with Gasteiger partial charge in [0.05, 0.1) is 0 Å². The van der Waals surface area contributed by atoms with Crippen molar-refractivity contribution in [3.05, 3.63) is 35.4 Å². The Bertz CT molecular complexity index is 576. The molecule has 0 atom stereocenters. The normalized spacial score (nSPS) is 11.0. The van der Waals surface area contributed by atoms with E-state index in [1.807, 2.05) is 0 Å². The van der Waals surface area contributed by atoms with E-state index in [2.05, 4.69) is 0 Å². The van der Waals surface area contributed by atoms with Gasteiger partial charge in [0.2, 0.25) is 17.1 Å². The van der Waals surface area contributed by atoms with Gasteiger partial charge in [0.1, 0.15) is 0 Å². The lowest BCUT2D eigenvalue weighted by atomic mass is 9.91. The third-order valence-electron chi connectivity index (χ3n) is 3.04. The predicted octanol–water partition coefficient (Wildman–Crippen LogP) is 0.258. The highest BCUT2D eigenvalue weighted by Gasteiger charge is 2.42. The standard InChI is InChI=1S/C14H15NO6/c1-2-10(16)11(17)9-5-3-8(4-6-9)7-14(15,12(18)19)13(20)21/h3-6H,2,7,15H2,1H3,(H,18,19)(H,20,21). The molecule has 0 aliphatic heterocycles. The number of rotatable bonds is 7. The average Bonchev–Trinajstić information content (AvgIpc) is 2.45. The summed E-state index contributed by atoms with van der Waals surface area (Å²) in [7, 11) is 0. The number of carboxylic acid groups (broad SMARTS) is 2. The second kappa shape index (κ2) is 6.27. The van der Waals surface area contributed by atoms with Crippen LogP contribution in [0.2, 0.25) is 0 Å². The van der Waals surface area contributed by atoms with Crippen LogP contribution >= 0.6 is 0 Å². The van der Waals surface area contributed by atoms with Gasteiger partial charge < -0.3 is 15.9 Å². The smallest absolute Gasteiger partial charge is 0.335 e. The number of carbonyl (C=O) groups excluding carboxylic acids is 2. The molecule has 0 aliphatic carbocycles. The van der Waals surface area contributed by atoms with Crippen LogP contribution < -0.4 is 5.73 Å². The Morgan fingerprint density at radius 3 is 1.90 bits per heavy atom. The van der Waals surface area contributed by atoms with Crippen LogP contribution in [0.4, 0.5) is 0 Å². The number of Topliss-reactive ketones (excluding diaryl/α,β-unsaturated/α-hetero) is 2. The molecule has 7 nitrogen and oxygen atoms in total. The number of aliphatic carboxylic acids is 2. The Morgan fingerprint density at radius 2 is 1.52 bits per heavy atom. The summed E-state index contributed by atoms with van der Waals surface area (Å²) in [6.45, 7) is 1.57. The first-order valence-electron chi connectivity index (χ1n) is 6.14. The van der Waals surface area contributed by atoms with Gasteiger partial charge in [-0.15, -0.1) is 0 Å². The molecule has 0 aromatic heterocycles. The molecule has 0 saturated heterocycles. The highest BCUT2D eigenvalue weighted by molar-refractivity contribution is 6.43. The van der Waals surface area contributed by atoms with E-state index in [1.165, 1.54) is 24.3 Å². The largest absolute Gasteiger partial charge is 0.479 e. The van der Waals surface area contributed by atoms with Gasteiger partial charge in [-0.05, 0) is 5.56 Å². The van der Waals surface area contributed by atoms with Gasteiger partial charge in [-0.2, -0.15) is 0 Å². The first kappa shape index (κ1) is 16.5. The Labute approximate surface area is 120 Å². The van der Waals surface area contributed by atoms with Crippen LogP contribution in [0.3, 0.4) is 0 Å². The number of benzene rings is 1. The monoisotopic (exact) mass is 293 g/mol. The Kier molecular flexibility index (Phi) is 4.93. The van der Waals surface area contributed by atoms with Gasteiger partial charge in [0, 0.05) is 18.4 Å². The lowest BCUT2D eigenvalue weighted by Gasteiger charge is -2.19. The van der Waals surface area contributed by atoms with Crippen molar-refractivity contribution in [2.24, 2.45) is 5.73 Å². The van der Waals surface area contributed by atoms with Crippen molar-refractivity contribution >= 4 is 23.5 Å². The molecule has 1 rings (SSSR count). The minimum Gasteiger partial charge on any atom is -0.479 e. The molecule has 0 unspecified atom stereocenters. The summed E-state index contributed by atoms with van der Waals surface area (Å²) < 4.78 is 0. The van der Waals surface area contributed by atoms with Crippen LogP contribution in [-0.4, -0.2) is 39.3 Å². The molecular weight excluding hydrogens is 278 g/mol. The molecule has 0 saturated carbocycles. The van der Waals surface area contributed by atoms with Crippen LogP contribution in [0.5, 0.6) is 0 Å². The molecule has 0 aliphatic rings. The molecule has 1 aromatic rings. The molecule has 0 fully saturated rings. The zero-order valence-electron chi connectivity index (χ0n) is 11.3. The Hall–Kier alpha value is -2.54. The molecule has 0 spiro atoms. The number of carboxylic acids is 2. The average molecular weight is 293 g/mol. The van der Waals surface area contributed by atoms with Crippen molar-refractivity contribution < 1.29 is 29.4 Å². The Balaban J connectivity index is 2.98. The van der Waals surface area contributed by atoms with Crippen molar-refractivity contribution in [3.63, 3.8) is 0 Å². The number of carbonyl (C=O) groups is 4. The minimum atomic E-state index is -2.44. The van der Waals surface area contributed by atoms with Crippen LogP contribution in [0.15, 0.2) is 24.3 Å². The van der Waals surface area contributed by atoms with Crippen LogP contribution in [0, 0.1) is 0 Å². The third-order valence-corrected chi connectivity index (χ3v) is 3.04. The van der Waals surface area contributed by atoms with E-state index in [0.717, 1.165) is 0 Å². The van der Waals surface area contributed by atoms with E-state index >= 15 is 0 Å². The Morgan fingerprint density at radius 1 is 1.05 bits per heavy atom. The van der Waals surface area contributed by atoms with Crippen molar-refractivity contribution in [2.75, 3.05) is 0 Å². The number of hydrogen-bond acceptors (Lipinski definition) is 5. The fraction of sp³-hybridized carbons (Fsp3) is 0.286. The maximum Gasteiger partial charge on any atom is 0.335 e. The van der Waals surface area contributed by atoms with Crippen LogP contribution in [0.25, 0.3) is 0 Å². The van der Waals surface area contributed by atoms with Crippen molar-refractivity contribution in [3.8, 4) is 0 Å². The van der Waals surface area contributed by atoms with Crippen molar-refractivity contribution in [1.29, 1.82) is 0 Å². The number of nitrogens with two attached hydrogens (primary N) is 1. The van der Waals surface area contributed by atoms with Crippen LogP contribution in [-0.2, 0) is 20.8 Å². The molecule has 21 heavy (non-hydrogen) atoms. The number of ketones is 2. The van der Waals surface area contributed by atoms with Gasteiger partial charge in [-0.3, -0.25) is 9.59 Å². The molecule has 0 heterocycles. The molecule has 112 valence electrons. The fourth-order valence-electron chi connectivity index (χ4n) is 1.66. The summed E-state index contributed by atoms with van der Waals surface area (Å²) in [5.41, 5.74) is 3.42. The topological polar surface area (TPSA) is 135 Å². The highest BCUT2D eigenvalue weighted by Crippen LogP contribution is 2.14. The van der Waals surface area contributed by atoms with Crippen molar-refractivity contribution in [2.45, 2.75) is 25.3 Å². The number of hydrogen-bond donors (Lipinski definition) is 3. The highest BCUT2D eigenvalue weighted by atomic mass is 16.4. The summed E-state index contributed by atoms with van der Waals surface area (Å²) in [5.74, 6) is -4.49. The summed E-state index contributed by atoms with van der Waals surface area (Å²) in [6.07, 6.45) is -0.349. The second-order valence-electron chi connectivity index (χ2n) is 4.56. The van der Waals surface area contributed by atoms with Gasteiger partial charge >= 0.3 is 11.9 Å². The van der Waals surface area contributed by atoms with Crippen molar-refractivity contribution in [1.82, 2.24) is 0 Å². The predicted molar refractivity (Wildman–Crippen MR) is 72.0 cm³/mol. The van der Waals surface area contributed by atoms with E-state index in [-0.39, 0.29) is 12.0 Å². The van der Waals surface area contributed by atoms with E-state index in [1.54, 1.807) is 6.92 Å².